The Labute approximate surface area is 470 Å². The average Bonchev–Trinajstić information content (AvgIpc) is 1.56. The molecule has 0 unspecified atom stereocenters. The number of aliphatic carboxylic acids is 4. The maximum absolute atomic E-state index is 12.8. The Bertz CT molecular complexity index is 4130. The first kappa shape index (κ1) is 64.0. The van der Waals surface area contributed by atoms with E-state index >= 15 is 0 Å². The molecule has 0 bridgehead atoms. The molecule has 0 atom stereocenters. The Kier molecular flexibility index (Phi) is 18.5. The number of anilines is 10. The van der Waals surface area contributed by atoms with Gasteiger partial charge >= 0.3 is 23.9 Å². The Morgan fingerprint density at radius 3 is 0.917 bits per heavy atom. The van der Waals surface area contributed by atoms with Crippen LogP contribution in [0.3, 0.4) is 0 Å². The standard InChI is InChI=1S/C40H36N12O26S6/c53-31(54)15-51(16-32(55)56)39-47-35(45-37(49-39)43-25-13-23(79(61,62)63)7-9-27(25)81(67,68)69)41-21-5-3-19(29(11-21)83(73,74)75)1-2-20-4-6-22(12-30(20)84(76,77)78)42-36-46-38(50-40(48-36)52(17-33(57)58)18-34(59)60)44-26-14-24(80(64,65)66)8-10-28(26)82(70,71)72/h1-14H,15-18H2,(H,53,54)(H,55,56)(H,57,58)(H,59,60)(H,61,62,63)(H,64,65,66)(H,67,68,69)(H,70,71,72)(H,73,74,75)(H,76,77,78)(H2,41,43,45,47,49)(H2,42,44,46,48,50)/b2-1+. The molecule has 0 aliphatic rings. The van der Waals surface area contributed by atoms with Crippen molar-refractivity contribution in [2.45, 2.75) is 29.4 Å². The highest BCUT2D eigenvalue weighted by Gasteiger charge is 2.27. The van der Waals surface area contributed by atoms with Crippen LogP contribution in [0.25, 0.3) is 12.2 Å². The minimum absolute atomic E-state index is 0.383. The van der Waals surface area contributed by atoms with Gasteiger partial charge in [-0.2, -0.15) is 80.4 Å². The summed E-state index contributed by atoms with van der Waals surface area (Å²) in [5.74, 6) is -11.5. The van der Waals surface area contributed by atoms with Crippen LogP contribution >= 0.6 is 0 Å². The Hall–Kier alpha value is -9.22. The number of rotatable bonds is 26. The van der Waals surface area contributed by atoms with Gasteiger partial charge in [0.15, 0.2) is 0 Å². The molecule has 14 N–H and O–H groups in total. The largest absolute Gasteiger partial charge is 0.480 e. The number of benzene rings is 4. The van der Waals surface area contributed by atoms with Gasteiger partial charge in [0, 0.05) is 11.4 Å². The minimum atomic E-state index is -5.33. The lowest BCUT2D eigenvalue weighted by Gasteiger charge is -2.20. The molecule has 448 valence electrons. The van der Waals surface area contributed by atoms with Crippen LogP contribution in [-0.4, -0.2) is 178 Å². The van der Waals surface area contributed by atoms with E-state index in [-0.39, 0.29) is 11.4 Å². The zero-order valence-electron chi connectivity index (χ0n) is 40.9. The number of carbonyl (C=O) groups is 4. The zero-order valence-corrected chi connectivity index (χ0v) is 45.8. The Balaban J connectivity index is 1.41. The molecule has 0 aliphatic carbocycles. The number of hydrogen-bond acceptors (Lipinski definition) is 28. The summed E-state index contributed by atoms with van der Waals surface area (Å²) in [4.78, 5) is 65.5. The van der Waals surface area contributed by atoms with E-state index in [1.54, 1.807) is 0 Å². The molecule has 0 saturated carbocycles. The highest BCUT2D eigenvalue weighted by atomic mass is 32.2. The van der Waals surface area contributed by atoms with Crippen LogP contribution in [0.2, 0.25) is 0 Å². The van der Waals surface area contributed by atoms with Gasteiger partial charge < -0.3 is 51.5 Å². The molecule has 6 rings (SSSR count). The molecule has 0 aliphatic heterocycles. The molecule has 44 heteroatoms. The predicted molar refractivity (Wildman–Crippen MR) is 281 cm³/mol. The quantitative estimate of drug-likeness (QED) is 0.0262. The summed E-state index contributed by atoms with van der Waals surface area (Å²) in [5.41, 5.74) is -3.35. The molecule has 2 aromatic heterocycles. The topological polar surface area (TPSA) is 607 Å². The van der Waals surface area contributed by atoms with Crippen molar-refractivity contribution in [2.24, 2.45) is 0 Å². The van der Waals surface area contributed by atoms with Gasteiger partial charge in [0.1, 0.15) is 45.8 Å². The van der Waals surface area contributed by atoms with E-state index in [1.807, 2.05) is 0 Å². The van der Waals surface area contributed by atoms with Crippen LogP contribution in [0.4, 0.5) is 58.4 Å². The predicted octanol–water partition coefficient (Wildman–Crippen LogP) is 0.633. The van der Waals surface area contributed by atoms with Gasteiger partial charge in [-0.25, -0.2) is 0 Å². The zero-order chi connectivity index (χ0) is 62.7. The fourth-order valence-electron chi connectivity index (χ4n) is 6.89. The molecule has 2 heterocycles. The number of nitrogens with one attached hydrogen (secondary N) is 4. The lowest BCUT2D eigenvalue weighted by atomic mass is 10.1. The summed E-state index contributed by atoms with van der Waals surface area (Å²) in [7, 11) is -31.2. The lowest BCUT2D eigenvalue weighted by Crippen LogP contribution is -2.36. The number of carboxylic acids is 4. The maximum Gasteiger partial charge on any atom is 0.323 e. The van der Waals surface area contributed by atoms with E-state index in [1.165, 1.54) is 0 Å². The van der Waals surface area contributed by atoms with Crippen molar-refractivity contribution in [2.75, 3.05) is 57.2 Å². The molecular weight excluding hydrogens is 1260 g/mol. The number of aromatic nitrogens is 6. The third kappa shape index (κ3) is 17.2. The van der Waals surface area contributed by atoms with Gasteiger partial charge in [-0.15, -0.1) is 0 Å². The molecule has 4 aromatic carbocycles. The van der Waals surface area contributed by atoms with Crippen molar-refractivity contribution in [1.82, 2.24) is 29.9 Å². The molecule has 0 fully saturated rings. The molecule has 0 radical (unpaired) electrons. The van der Waals surface area contributed by atoms with Crippen LogP contribution in [0.5, 0.6) is 0 Å². The molecule has 0 amide bonds. The molecule has 0 spiro atoms. The lowest BCUT2D eigenvalue weighted by molar-refractivity contribution is -0.138. The van der Waals surface area contributed by atoms with E-state index in [2.05, 4.69) is 51.2 Å². The van der Waals surface area contributed by atoms with Gasteiger partial charge in [-0.05, 0) is 71.8 Å². The maximum atomic E-state index is 12.8. The third-order valence-corrected chi connectivity index (χ3v) is 15.5. The second-order valence-corrected chi connectivity index (χ2v) is 24.8. The molecule has 0 saturated heterocycles. The SMILES string of the molecule is O=C(O)CN(CC(=O)O)c1nc(Nc2ccc(/C=C/c3ccc(Nc4nc(Nc5cc(S(=O)(=O)O)ccc5S(=O)(=O)O)nc(N(CC(=O)O)CC(=O)O)n4)cc3S(=O)(=O)O)c(S(=O)(=O)O)c2)nc(Nc2cc(S(=O)(=O)O)ccc2S(=O)(=O)O)n1. The van der Waals surface area contributed by atoms with E-state index in [0.29, 0.717) is 58.3 Å². The summed E-state index contributed by atoms with van der Waals surface area (Å²) in [6.07, 6.45) is 1.79. The average molecular weight is 1290 g/mol. The first-order valence-corrected chi connectivity index (χ1v) is 30.3. The van der Waals surface area contributed by atoms with Crippen LogP contribution in [0, 0.1) is 0 Å². The summed E-state index contributed by atoms with van der Waals surface area (Å²) < 4.78 is 207. The van der Waals surface area contributed by atoms with E-state index < -0.39 is 198 Å². The normalized spacial score (nSPS) is 12.3. The van der Waals surface area contributed by atoms with Crippen LogP contribution in [-0.2, 0) is 79.9 Å². The van der Waals surface area contributed by atoms with Crippen molar-refractivity contribution in [1.29, 1.82) is 0 Å². The van der Waals surface area contributed by atoms with Crippen molar-refractivity contribution in [3.05, 3.63) is 83.9 Å². The third-order valence-electron chi connectivity index (χ3n) is 10.2. The van der Waals surface area contributed by atoms with E-state index in [9.17, 15) is 117 Å². The molecule has 84 heavy (non-hydrogen) atoms. The van der Waals surface area contributed by atoms with Crippen LogP contribution in [0.1, 0.15) is 11.1 Å². The highest BCUT2D eigenvalue weighted by Crippen LogP contribution is 2.33. The van der Waals surface area contributed by atoms with Crippen molar-refractivity contribution < 1.29 is 117 Å². The Morgan fingerprint density at radius 2 is 0.655 bits per heavy atom. The smallest absolute Gasteiger partial charge is 0.323 e. The Morgan fingerprint density at radius 1 is 0.369 bits per heavy atom. The monoisotopic (exact) mass is 1290 g/mol. The first-order chi connectivity index (χ1) is 38.6. The molecular formula is C40H36N12O26S6. The van der Waals surface area contributed by atoms with Gasteiger partial charge in [0.05, 0.1) is 21.2 Å². The van der Waals surface area contributed by atoms with Gasteiger partial charge in [0.2, 0.25) is 35.7 Å². The highest BCUT2D eigenvalue weighted by molar-refractivity contribution is 7.87. The molecule has 38 nitrogen and oxygen atoms in total. The summed E-state index contributed by atoms with van der Waals surface area (Å²) >= 11 is 0. The second kappa shape index (κ2) is 24.3. The number of hydrogen-bond donors (Lipinski definition) is 14. The number of nitrogens with zero attached hydrogens (tertiary/aromatic N) is 8. The van der Waals surface area contributed by atoms with Gasteiger partial charge in [-0.1, -0.05) is 24.3 Å². The molecule has 6 aromatic rings. The van der Waals surface area contributed by atoms with Crippen LogP contribution < -0.4 is 31.1 Å². The number of carboxylic acid groups (broad SMARTS) is 4. The summed E-state index contributed by atoms with van der Waals surface area (Å²) in [5, 5.41) is 47.4. The van der Waals surface area contributed by atoms with E-state index in [0.717, 1.165) is 36.4 Å². The van der Waals surface area contributed by atoms with Gasteiger partial charge in [-0.3, -0.25) is 46.5 Å². The van der Waals surface area contributed by atoms with Crippen molar-refractivity contribution in [3.8, 4) is 0 Å². The van der Waals surface area contributed by atoms with Crippen LogP contribution in [0.15, 0.2) is 102 Å². The second-order valence-electron chi connectivity index (χ2n) is 16.4. The fraction of sp³-hybridized carbons (Fsp3) is 0.100. The summed E-state index contributed by atoms with van der Waals surface area (Å²) in [6.45, 7) is -4.53. The first-order valence-electron chi connectivity index (χ1n) is 21.7. The summed E-state index contributed by atoms with van der Waals surface area (Å²) in [6, 6.07) is 8.64. The minimum Gasteiger partial charge on any atom is -0.480 e. The van der Waals surface area contributed by atoms with Gasteiger partial charge in [0.25, 0.3) is 60.7 Å². The fourth-order valence-corrected chi connectivity index (χ4v) is 10.6. The van der Waals surface area contributed by atoms with Crippen molar-refractivity contribution >= 4 is 155 Å². The van der Waals surface area contributed by atoms with E-state index in [4.69, 9.17) is 0 Å². The van der Waals surface area contributed by atoms with Crippen molar-refractivity contribution in [3.63, 3.8) is 0 Å².